The molecule has 0 aromatic carbocycles. The molecule has 0 saturated heterocycles. The van der Waals surface area contributed by atoms with E-state index in [1.165, 1.54) is 44.6 Å². The standard InChI is InChI=1S/C22H37NO6S/c24-21(23-19-20-30(27,28)29)17-15-13-11-9-7-5-3-1-2-4-6-8-10-12-14-16-18-22(25)26/h3,5,7,9,11,13,15,17,22,25-26H,1-2,4,6,8,10,12,14,16,18-20H2,(H,23,24)(H,27,28,29). The van der Waals surface area contributed by atoms with Crippen LogP contribution < -0.4 is 5.32 Å². The number of aliphatic hydroxyl groups is 2. The molecule has 0 aromatic rings. The van der Waals surface area contributed by atoms with Crippen molar-refractivity contribution in [3.05, 3.63) is 48.6 Å². The molecule has 0 spiro atoms. The molecule has 1 amide bonds. The first-order valence-electron chi connectivity index (χ1n) is 10.6. The Morgan fingerprint density at radius 1 is 0.800 bits per heavy atom. The molecule has 0 radical (unpaired) electrons. The van der Waals surface area contributed by atoms with Crippen LogP contribution in [0.2, 0.25) is 0 Å². The van der Waals surface area contributed by atoms with E-state index in [4.69, 9.17) is 14.8 Å². The van der Waals surface area contributed by atoms with Gasteiger partial charge in [0.2, 0.25) is 5.91 Å². The number of hydrogen-bond acceptors (Lipinski definition) is 5. The van der Waals surface area contributed by atoms with E-state index in [0.29, 0.717) is 6.42 Å². The topological polar surface area (TPSA) is 124 Å². The van der Waals surface area contributed by atoms with Crippen molar-refractivity contribution in [1.82, 2.24) is 5.32 Å². The molecule has 7 nitrogen and oxygen atoms in total. The van der Waals surface area contributed by atoms with Gasteiger partial charge in [-0.1, -0.05) is 81.1 Å². The summed E-state index contributed by atoms with van der Waals surface area (Å²) in [5.74, 6) is -0.926. The fourth-order valence-electron chi connectivity index (χ4n) is 2.59. The van der Waals surface area contributed by atoms with Gasteiger partial charge in [-0.25, -0.2) is 0 Å². The molecule has 0 unspecified atom stereocenters. The van der Waals surface area contributed by atoms with E-state index in [-0.39, 0.29) is 6.54 Å². The molecule has 0 bridgehead atoms. The summed E-state index contributed by atoms with van der Waals surface area (Å²) in [5.41, 5.74) is 0. The van der Waals surface area contributed by atoms with E-state index < -0.39 is 28.1 Å². The maximum absolute atomic E-state index is 11.4. The highest BCUT2D eigenvalue weighted by Gasteiger charge is 2.03. The second-order valence-corrected chi connectivity index (χ2v) is 8.59. The average Bonchev–Trinajstić information content (AvgIpc) is 2.65. The predicted octanol–water partition coefficient (Wildman–Crippen LogP) is 3.43. The predicted molar refractivity (Wildman–Crippen MR) is 120 cm³/mol. The van der Waals surface area contributed by atoms with E-state index in [1.807, 2.05) is 18.2 Å². The molecule has 30 heavy (non-hydrogen) atoms. The lowest BCUT2D eigenvalue weighted by Gasteiger charge is -2.03. The molecule has 8 heteroatoms. The molecule has 172 valence electrons. The quantitative estimate of drug-likeness (QED) is 0.0846. The first-order valence-corrected chi connectivity index (χ1v) is 12.2. The molecule has 4 N–H and O–H groups in total. The Kier molecular flexibility index (Phi) is 18.1. The van der Waals surface area contributed by atoms with Crippen molar-refractivity contribution in [3.8, 4) is 0 Å². The lowest BCUT2D eigenvalue weighted by atomic mass is 10.1. The number of carbonyl (C=O) groups excluding carboxylic acids is 1. The second-order valence-electron chi connectivity index (χ2n) is 7.02. The highest BCUT2D eigenvalue weighted by Crippen LogP contribution is 2.11. The monoisotopic (exact) mass is 443 g/mol. The Morgan fingerprint density at radius 2 is 1.33 bits per heavy atom. The van der Waals surface area contributed by atoms with Crippen molar-refractivity contribution in [2.45, 2.75) is 70.5 Å². The van der Waals surface area contributed by atoms with Crippen LogP contribution in [-0.2, 0) is 14.9 Å². The van der Waals surface area contributed by atoms with Crippen LogP contribution in [-0.4, -0.2) is 47.7 Å². The van der Waals surface area contributed by atoms with Crippen molar-refractivity contribution in [2.75, 3.05) is 12.3 Å². The molecule has 0 saturated carbocycles. The van der Waals surface area contributed by atoms with Crippen LogP contribution in [0.1, 0.15) is 64.2 Å². The van der Waals surface area contributed by atoms with Crippen LogP contribution in [0.3, 0.4) is 0 Å². The Balaban J connectivity index is 3.56. The summed E-state index contributed by atoms with van der Waals surface area (Å²) >= 11 is 0. The summed E-state index contributed by atoms with van der Waals surface area (Å²) in [4.78, 5) is 11.4. The smallest absolute Gasteiger partial charge is 0.266 e. The highest BCUT2D eigenvalue weighted by atomic mass is 32.2. The fraction of sp³-hybridized carbons (Fsp3) is 0.591. The minimum atomic E-state index is -4.06. The van der Waals surface area contributed by atoms with E-state index in [9.17, 15) is 13.2 Å². The summed E-state index contributed by atoms with van der Waals surface area (Å²) in [7, 11) is -4.06. The number of aliphatic hydroxyl groups excluding tert-OH is 1. The fourth-order valence-corrected chi connectivity index (χ4v) is 2.95. The number of rotatable bonds is 18. The Hall–Kier alpha value is -1.74. The third-order valence-corrected chi connectivity index (χ3v) is 4.90. The van der Waals surface area contributed by atoms with Crippen LogP contribution in [0.25, 0.3) is 0 Å². The molecule has 0 aliphatic heterocycles. The molecule has 0 atom stereocenters. The van der Waals surface area contributed by atoms with Gasteiger partial charge in [-0.2, -0.15) is 8.42 Å². The first-order chi connectivity index (χ1) is 14.3. The second kappa shape index (κ2) is 19.2. The molecule has 0 rings (SSSR count). The maximum Gasteiger partial charge on any atom is 0.266 e. The van der Waals surface area contributed by atoms with E-state index in [1.54, 1.807) is 18.2 Å². The minimum Gasteiger partial charge on any atom is -0.368 e. The van der Waals surface area contributed by atoms with Crippen LogP contribution in [0.5, 0.6) is 0 Å². The third-order valence-electron chi connectivity index (χ3n) is 4.18. The zero-order valence-electron chi connectivity index (χ0n) is 17.7. The van der Waals surface area contributed by atoms with Gasteiger partial charge in [0.1, 0.15) is 0 Å². The Morgan fingerprint density at radius 3 is 1.93 bits per heavy atom. The number of nitrogens with one attached hydrogen (secondary N) is 1. The molecule has 0 fully saturated rings. The number of carbonyl (C=O) groups is 1. The first kappa shape index (κ1) is 28.3. The summed E-state index contributed by atoms with van der Waals surface area (Å²) in [5, 5.41) is 19.8. The van der Waals surface area contributed by atoms with Gasteiger partial charge in [0.05, 0.1) is 5.75 Å². The Bertz CT molecular complexity index is 651. The number of amides is 1. The van der Waals surface area contributed by atoms with Crippen molar-refractivity contribution < 1.29 is 28.0 Å². The zero-order valence-corrected chi connectivity index (χ0v) is 18.5. The van der Waals surface area contributed by atoms with Crippen molar-refractivity contribution >= 4 is 16.0 Å². The third kappa shape index (κ3) is 24.3. The lowest BCUT2D eigenvalue weighted by molar-refractivity contribution is -0.116. The molecule has 0 aliphatic rings. The van der Waals surface area contributed by atoms with E-state index in [2.05, 4.69) is 11.4 Å². The average molecular weight is 444 g/mol. The molecule has 0 aromatic heterocycles. The van der Waals surface area contributed by atoms with Crippen LogP contribution in [0, 0.1) is 0 Å². The summed E-state index contributed by atoms with van der Waals surface area (Å²) in [6.07, 6.45) is 23.8. The molecular weight excluding hydrogens is 406 g/mol. The Labute approximate surface area is 181 Å². The van der Waals surface area contributed by atoms with Crippen LogP contribution >= 0.6 is 0 Å². The van der Waals surface area contributed by atoms with Gasteiger partial charge in [0.15, 0.2) is 6.29 Å². The normalized spacial score (nSPS) is 12.9. The highest BCUT2D eigenvalue weighted by molar-refractivity contribution is 7.85. The van der Waals surface area contributed by atoms with Gasteiger partial charge >= 0.3 is 0 Å². The van der Waals surface area contributed by atoms with Gasteiger partial charge in [-0.15, -0.1) is 0 Å². The minimum absolute atomic E-state index is 0.131. The molecule has 0 heterocycles. The molecular formula is C22H37NO6S. The SMILES string of the molecule is O=C(C=CC=CC=CC=CCCCCCCCCCCC(O)O)NCCS(=O)(=O)O. The summed E-state index contributed by atoms with van der Waals surface area (Å²) in [6, 6.07) is 0. The van der Waals surface area contributed by atoms with E-state index >= 15 is 0 Å². The summed E-state index contributed by atoms with van der Waals surface area (Å²) in [6.45, 7) is -0.131. The lowest BCUT2D eigenvalue weighted by Crippen LogP contribution is -2.27. The largest absolute Gasteiger partial charge is 0.368 e. The molecule has 0 aliphatic carbocycles. The van der Waals surface area contributed by atoms with Gasteiger partial charge in [0, 0.05) is 12.6 Å². The maximum atomic E-state index is 11.4. The van der Waals surface area contributed by atoms with Gasteiger partial charge in [0.25, 0.3) is 10.1 Å². The van der Waals surface area contributed by atoms with Crippen molar-refractivity contribution in [2.24, 2.45) is 0 Å². The van der Waals surface area contributed by atoms with Crippen molar-refractivity contribution in [3.63, 3.8) is 0 Å². The van der Waals surface area contributed by atoms with Crippen LogP contribution in [0.15, 0.2) is 48.6 Å². The number of unbranched alkanes of at least 4 members (excludes halogenated alkanes) is 8. The van der Waals surface area contributed by atoms with E-state index in [0.717, 1.165) is 19.3 Å². The number of allylic oxidation sites excluding steroid dienone is 7. The van der Waals surface area contributed by atoms with Gasteiger partial charge < -0.3 is 15.5 Å². The van der Waals surface area contributed by atoms with Gasteiger partial charge in [-0.3, -0.25) is 9.35 Å². The van der Waals surface area contributed by atoms with Crippen molar-refractivity contribution in [1.29, 1.82) is 0 Å². The van der Waals surface area contributed by atoms with Crippen LogP contribution in [0.4, 0.5) is 0 Å². The summed E-state index contributed by atoms with van der Waals surface area (Å²) < 4.78 is 29.6. The zero-order chi connectivity index (χ0) is 22.5. The number of hydrogen-bond donors (Lipinski definition) is 4. The van der Waals surface area contributed by atoms with Gasteiger partial charge in [-0.05, 0) is 25.7 Å².